The van der Waals surface area contributed by atoms with E-state index in [4.69, 9.17) is 0 Å². The van der Waals surface area contributed by atoms with Crippen molar-refractivity contribution >= 4 is 17.5 Å². The smallest absolute Gasteiger partial charge is 0.177 e. The molecule has 2 rings (SSSR count). The molecule has 1 heterocycles. The maximum atomic E-state index is 11.4. The average Bonchev–Trinajstić information content (AvgIpc) is 2.30. The molecule has 0 aromatic heterocycles. The van der Waals surface area contributed by atoms with Crippen molar-refractivity contribution in [1.29, 1.82) is 0 Å². The maximum absolute atomic E-state index is 11.4. The molecule has 1 unspecified atom stereocenters. The van der Waals surface area contributed by atoms with E-state index >= 15 is 0 Å². The highest BCUT2D eigenvalue weighted by Gasteiger charge is 2.26. The lowest BCUT2D eigenvalue weighted by Crippen LogP contribution is -2.05. The zero-order valence-electron chi connectivity index (χ0n) is 6.20. The molecule has 0 saturated carbocycles. The van der Waals surface area contributed by atoms with Crippen molar-refractivity contribution in [2.24, 2.45) is 0 Å². The van der Waals surface area contributed by atoms with Crippen LogP contribution in [0.5, 0.6) is 0 Å². The standard InChI is InChI=1S/C9H8OS/c1-6-9(10)7-4-2-3-5-8(7)11-6/h2-6H,1H3. The highest BCUT2D eigenvalue weighted by Crippen LogP contribution is 2.35. The zero-order valence-corrected chi connectivity index (χ0v) is 7.02. The summed E-state index contributed by atoms with van der Waals surface area (Å²) >= 11 is 1.65. The van der Waals surface area contributed by atoms with Crippen molar-refractivity contribution in [3.05, 3.63) is 29.8 Å². The van der Waals surface area contributed by atoms with E-state index in [1.165, 1.54) is 0 Å². The Balaban J connectivity index is 2.55. The van der Waals surface area contributed by atoms with Gasteiger partial charge in [0.25, 0.3) is 0 Å². The Bertz CT molecular complexity index is 306. The summed E-state index contributed by atoms with van der Waals surface area (Å²) in [5, 5.41) is 0.118. The number of thioether (sulfide) groups is 1. The van der Waals surface area contributed by atoms with Crippen LogP contribution in [-0.4, -0.2) is 11.0 Å². The second-order valence-corrected chi connectivity index (χ2v) is 4.00. The first-order valence-electron chi connectivity index (χ1n) is 3.59. The fourth-order valence-corrected chi connectivity index (χ4v) is 2.30. The van der Waals surface area contributed by atoms with Gasteiger partial charge in [0.2, 0.25) is 0 Å². The monoisotopic (exact) mass is 164 g/mol. The predicted octanol–water partition coefficient (Wildman–Crippen LogP) is 2.36. The number of hydrogen-bond acceptors (Lipinski definition) is 2. The zero-order chi connectivity index (χ0) is 7.84. The minimum Gasteiger partial charge on any atom is -0.293 e. The molecule has 1 atom stereocenters. The third-order valence-corrected chi connectivity index (χ3v) is 3.00. The lowest BCUT2D eigenvalue weighted by molar-refractivity contribution is 0.0996. The largest absolute Gasteiger partial charge is 0.293 e. The molecule has 56 valence electrons. The fraction of sp³-hybridized carbons (Fsp3) is 0.222. The molecule has 0 radical (unpaired) electrons. The lowest BCUT2D eigenvalue weighted by Gasteiger charge is -1.92. The normalized spacial score (nSPS) is 21.9. The summed E-state index contributed by atoms with van der Waals surface area (Å²) in [4.78, 5) is 12.5. The summed E-state index contributed by atoms with van der Waals surface area (Å²) in [7, 11) is 0. The molecule has 0 aliphatic carbocycles. The van der Waals surface area contributed by atoms with Crippen molar-refractivity contribution in [3.63, 3.8) is 0 Å². The summed E-state index contributed by atoms with van der Waals surface area (Å²) in [5.41, 5.74) is 0.894. The van der Waals surface area contributed by atoms with E-state index in [1.54, 1.807) is 11.8 Å². The molecule has 0 N–H and O–H groups in total. The first kappa shape index (κ1) is 6.92. The first-order valence-corrected chi connectivity index (χ1v) is 4.47. The van der Waals surface area contributed by atoms with E-state index < -0.39 is 0 Å². The Hall–Kier alpha value is -0.760. The second kappa shape index (κ2) is 2.38. The van der Waals surface area contributed by atoms with Gasteiger partial charge in [0.05, 0.1) is 5.25 Å². The van der Waals surface area contributed by atoms with Gasteiger partial charge in [-0.2, -0.15) is 0 Å². The van der Waals surface area contributed by atoms with Crippen LogP contribution in [0.25, 0.3) is 0 Å². The van der Waals surface area contributed by atoms with Gasteiger partial charge in [0.1, 0.15) is 0 Å². The van der Waals surface area contributed by atoms with E-state index in [9.17, 15) is 4.79 Å². The summed E-state index contributed by atoms with van der Waals surface area (Å²) in [6.45, 7) is 1.95. The van der Waals surface area contributed by atoms with Crippen molar-refractivity contribution in [3.8, 4) is 0 Å². The summed E-state index contributed by atoms with van der Waals surface area (Å²) < 4.78 is 0. The van der Waals surface area contributed by atoms with Gasteiger partial charge in [-0.1, -0.05) is 18.2 Å². The third-order valence-electron chi connectivity index (χ3n) is 1.83. The SMILES string of the molecule is CC1Sc2ccccc2C1=O. The van der Waals surface area contributed by atoms with E-state index in [1.807, 2.05) is 31.2 Å². The summed E-state index contributed by atoms with van der Waals surface area (Å²) in [6.07, 6.45) is 0. The number of fused-ring (bicyclic) bond motifs is 1. The van der Waals surface area contributed by atoms with E-state index in [0.29, 0.717) is 0 Å². The van der Waals surface area contributed by atoms with Crippen LogP contribution in [0.15, 0.2) is 29.2 Å². The van der Waals surface area contributed by atoms with Gasteiger partial charge in [0.15, 0.2) is 5.78 Å². The van der Waals surface area contributed by atoms with Crippen LogP contribution in [0.4, 0.5) is 0 Å². The maximum Gasteiger partial charge on any atom is 0.177 e. The molecule has 0 bridgehead atoms. The topological polar surface area (TPSA) is 17.1 Å². The fourth-order valence-electron chi connectivity index (χ4n) is 1.24. The van der Waals surface area contributed by atoms with Crippen molar-refractivity contribution in [2.45, 2.75) is 17.1 Å². The number of hydrogen-bond donors (Lipinski definition) is 0. The van der Waals surface area contributed by atoms with E-state index in [2.05, 4.69) is 0 Å². The van der Waals surface area contributed by atoms with Crippen molar-refractivity contribution < 1.29 is 4.79 Å². The van der Waals surface area contributed by atoms with Crippen LogP contribution >= 0.6 is 11.8 Å². The molecule has 1 aliphatic rings. The van der Waals surface area contributed by atoms with Crippen LogP contribution in [0.3, 0.4) is 0 Å². The van der Waals surface area contributed by atoms with Gasteiger partial charge in [-0.05, 0) is 13.0 Å². The minimum atomic E-state index is 0.118. The van der Waals surface area contributed by atoms with Gasteiger partial charge >= 0.3 is 0 Å². The molecule has 1 aromatic rings. The molecule has 1 aromatic carbocycles. The van der Waals surface area contributed by atoms with Gasteiger partial charge in [-0.15, -0.1) is 11.8 Å². The number of rotatable bonds is 0. The van der Waals surface area contributed by atoms with Gasteiger partial charge in [-0.25, -0.2) is 0 Å². The molecular formula is C9H8OS. The first-order chi connectivity index (χ1) is 5.29. The Kier molecular flexibility index (Phi) is 1.50. The summed E-state index contributed by atoms with van der Waals surface area (Å²) in [6, 6.07) is 7.78. The highest BCUT2D eigenvalue weighted by molar-refractivity contribution is 8.01. The number of benzene rings is 1. The third kappa shape index (κ3) is 0.979. The Morgan fingerprint density at radius 3 is 2.82 bits per heavy atom. The van der Waals surface area contributed by atoms with Crippen molar-refractivity contribution in [2.75, 3.05) is 0 Å². The second-order valence-electron chi connectivity index (χ2n) is 2.62. The number of Topliss-reactive ketones (excluding diaryl/α,β-unsaturated/α-hetero) is 1. The van der Waals surface area contributed by atoms with Crippen LogP contribution < -0.4 is 0 Å². The Morgan fingerprint density at radius 2 is 2.09 bits per heavy atom. The van der Waals surface area contributed by atoms with Gasteiger partial charge in [-0.3, -0.25) is 4.79 Å². The molecule has 0 spiro atoms. The van der Waals surface area contributed by atoms with Crippen LogP contribution in [0.2, 0.25) is 0 Å². The predicted molar refractivity (Wildman–Crippen MR) is 46.1 cm³/mol. The molecular weight excluding hydrogens is 156 g/mol. The van der Waals surface area contributed by atoms with E-state index in [0.717, 1.165) is 10.5 Å². The molecule has 2 heteroatoms. The number of carbonyl (C=O) groups is 1. The highest BCUT2D eigenvalue weighted by atomic mass is 32.2. The number of ketones is 1. The summed E-state index contributed by atoms with van der Waals surface area (Å²) in [5.74, 6) is 0.269. The molecule has 11 heavy (non-hydrogen) atoms. The van der Waals surface area contributed by atoms with Gasteiger partial charge in [0, 0.05) is 10.5 Å². The van der Waals surface area contributed by atoms with Crippen LogP contribution in [-0.2, 0) is 0 Å². The number of carbonyl (C=O) groups excluding carboxylic acids is 1. The van der Waals surface area contributed by atoms with Crippen LogP contribution in [0.1, 0.15) is 17.3 Å². The molecule has 0 fully saturated rings. The lowest BCUT2D eigenvalue weighted by atomic mass is 10.1. The van der Waals surface area contributed by atoms with Gasteiger partial charge < -0.3 is 0 Å². The average molecular weight is 164 g/mol. The Morgan fingerprint density at radius 1 is 1.36 bits per heavy atom. The molecule has 0 amide bonds. The minimum absolute atomic E-state index is 0.118. The Labute approximate surface area is 69.8 Å². The molecule has 1 nitrogen and oxygen atoms in total. The van der Waals surface area contributed by atoms with Crippen molar-refractivity contribution in [1.82, 2.24) is 0 Å². The van der Waals surface area contributed by atoms with Crippen LogP contribution in [0, 0.1) is 0 Å². The quantitative estimate of drug-likeness (QED) is 0.585. The molecule has 1 aliphatic heterocycles. The van der Waals surface area contributed by atoms with E-state index in [-0.39, 0.29) is 11.0 Å². The molecule has 0 saturated heterocycles.